The topological polar surface area (TPSA) is 33.1 Å². The van der Waals surface area contributed by atoms with Gasteiger partial charge in [0.05, 0.1) is 6.10 Å². The molecule has 0 aliphatic carbocycles. The molecule has 1 heterocycles. The number of nitrogens with zero attached hydrogens (tertiary/aromatic N) is 1. The van der Waals surface area contributed by atoms with Crippen molar-refractivity contribution in [2.75, 3.05) is 0 Å². The molecule has 0 bridgehead atoms. The first kappa shape index (κ1) is 12.2. The van der Waals surface area contributed by atoms with E-state index in [1.165, 1.54) is 0 Å². The van der Waals surface area contributed by atoms with Crippen molar-refractivity contribution in [3.63, 3.8) is 0 Å². The Bertz CT molecular complexity index is 309. The van der Waals surface area contributed by atoms with Crippen molar-refractivity contribution >= 4 is 0 Å². The van der Waals surface area contributed by atoms with Gasteiger partial charge >= 0.3 is 0 Å². The molecule has 2 nitrogen and oxygen atoms in total. The number of rotatable bonds is 4. The summed E-state index contributed by atoms with van der Waals surface area (Å²) in [6.07, 6.45) is 2.15. The van der Waals surface area contributed by atoms with Crippen molar-refractivity contribution in [3.8, 4) is 0 Å². The maximum atomic E-state index is 10.0. The maximum Gasteiger partial charge on any atom is 0.0623 e. The molecule has 0 fully saturated rings. The molecule has 2 atom stereocenters. The summed E-state index contributed by atoms with van der Waals surface area (Å²) in [5, 5.41) is 10.0. The monoisotopic (exact) mass is 207 g/mol. The summed E-state index contributed by atoms with van der Waals surface area (Å²) in [6.45, 7) is 8.40. The second-order valence-corrected chi connectivity index (χ2v) is 4.64. The summed E-state index contributed by atoms with van der Waals surface area (Å²) in [6, 6.07) is 3.96. The van der Waals surface area contributed by atoms with Gasteiger partial charge in [-0.25, -0.2) is 0 Å². The number of aliphatic hydroxyl groups is 1. The molecule has 0 saturated heterocycles. The average Bonchev–Trinajstić information content (AvgIpc) is 2.20. The summed E-state index contributed by atoms with van der Waals surface area (Å²) in [7, 11) is 0. The molecule has 2 unspecified atom stereocenters. The molecule has 1 N–H and O–H groups in total. The highest BCUT2D eigenvalue weighted by Crippen LogP contribution is 2.18. The van der Waals surface area contributed by atoms with Crippen molar-refractivity contribution in [3.05, 3.63) is 29.6 Å². The lowest BCUT2D eigenvalue weighted by atomic mass is 9.89. The third-order valence-corrected chi connectivity index (χ3v) is 3.18. The molecule has 15 heavy (non-hydrogen) atoms. The molecule has 0 aliphatic heterocycles. The Balaban J connectivity index is 2.66. The zero-order valence-electron chi connectivity index (χ0n) is 10.1. The lowest BCUT2D eigenvalue weighted by molar-refractivity contribution is 0.0911. The van der Waals surface area contributed by atoms with Crippen molar-refractivity contribution < 1.29 is 5.11 Å². The minimum atomic E-state index is -0.293. The molecule has 1 aromatic heterocycles. The number of hydrogen-bond acceptors (Lipinski definition) is 2. The summed E-state index contributed by atoms with van der Waals surface area (Å²) in [5.41, 5.74) is 2.17. The average molecular weight is 207 g/mol. The number of aromatic nitrogens is 1. The fourth-order valence-electron chi connectivity index (χ4n) is 1.56. The number of aliphatic hydroxyl groups excluding tert-OH is 1. The predicted octanol–water partition coefficient (Wildman–Crippen LogP) is 2.59. The number of pyridine rings is 1. The first-order chi connectivity index (χ1) is 7.02. The molecule has 0 aliphatic rings. The minimum absolute atomic E-state index is 0.293. The maximum absolute atomic E-state index is 10.0. The third-order valence-electron chi connectivity index (χ3n) is 3.18. The van der Waals surface area contributed by atoms with Gasteiger partial charge in [-0.05, 0) is 30.4 Å². The van der Waals surface area contributed by atoms with Gasteiger partial charge in [-0.15, -0.1) is 0 Å². The molecule has 1 rings (SSSR count). The Labute approximate surface area is 92.4 Å². The van der Waals surface area contributed by atoms with E-state index in [-0.39, 0.29) is 6.10 Å². The van der Waals surface area contributed by atoms with E-state index in [0.717, 1.165) is 11.3 Å². The molecule has 0 radical (unpaired) electrons. The summed E-state index contributed by atoms with van der Waals surface area (Å²) < 4.78 is 0. The summed E-state index contributed by atoms with van der Waals surface area (Å²) >= 11 is 0. The Kier molecular flexibility index (Phi) is 4.28. The van der Waals surface area contributed by atoms with Crippen LogP contribution in [0.4, 0.5) is 0 Å². The van der Waals surface area contributed by atoms with Gasteiger partial charge in [0.2, 0.25) is 0 Å². The molecule has 84 valence electrons. The van der Waals surface area contributed by atoms with Gasteiger partial charge in [-0.2, -0.15) is 0 Å². The molecule has 0 amide bonds. The molecule has 2 heteroatoms. The molecule has 1 aromatic rings. The Morgan fingerprint density at radius 3 is 2.53 bits per heavy atom. The van der Waals surface area contributed by atoms with Crippen LogP contribution in [-0.2, 0) is 6.42 Å². The highest BCUT2D eigenvalue weighted by molar-refractivity contribution is 5.18. The minimum Gasteiger partial charge on any atom is -0.392 e. The van der Waals surface area contributed by atoms with E-state index in [4.69, 9.17) is 0 Å². The fourth-order valence-corrected chi connectivity index (χ4v) is 1.56. The Morgan fingerprint density at radius 2 is 2.00 bits per heavy atom. The van der Waals surface area contributed by atoms with Crippen LogP contribution < -0.4 is 0 Å². The van der Waals surface area contributed by atoms with Crippen LogP contribution in [0.1, 0.15) is 32.0 Å². The van der Waals surface area contributed by atoms with Gasteiger partial charge in [-0.1, -0.05) is 26.8 Å². The van der Waals surface area contributed by atoms with Gasteiger partial charge in [0, 0.05) is 18.3 Å². The Morgan fingerprint density at radius 1 is 1.33 bits per heavy atom. The van der Waals surface area contributed by atoms with Gasteiger partial charge < -0.3 is 5.11 Å². The second-order valence-electron chi connectivity index (χ2n) is 4.64. The first-order valence-electron chi connectivity index (χ1n) is 5.61. The van der Waals surface area contributed by atoms with E-state index in [0.29, 0.717) is 18.3 Å². The normalized spacial score (nSPS) is 15.3. The SMILES string of the molecule is Cc1cccnc1CC(O)C(C)C(C)C. The van der Waals surface area contributed by atoms with Crippen LogP contribution in [0.5, 0.6) is 0 Å². The van der Waals surface area contributed by atoms with E-state index < -0.39 is 0 Å². The summed E-state index contributed by atoms with van der Waals surface area (Å²) in [5.74, 6) is 0.815. The van der Waals surface area contributed by atoms with Crippen LogP contribution in [0, 0.1) is 18.8 Å². The van der Waals surface area contributed by atoms with Gasteiger partial charge in [-0.3, -0.25) is 4.98 Å². The molecular formula is C13H21NO. The van der Waals surface area contributed by atoms with Crippen LogP contribution in [0.2, 0.25) is 0 Å². The van der Waals surface area contributed by atoms with Crippen LogP contribution in [-0.4, -0.2) is 16.2 Å². The number of aryl methyl sites for hydroxylation is 1. The smallest absolute Gasteiger partial charge is 0.0623 e. The van der Waals surface area contributed by atoms with Crippen LogP contribution in [0.3, 0.4) is 0 Å². The van der Waals surface area contributed by atoms with E-state index in [1.54, 1.807) is 6.20 Å². The van der Waals surface area contributed by atoms with Crippen LogP contribution in [0.15, 0.2) is 18.3 Å². The second kappa shape index (κ2) is 5.26. The van der Waals surface area contributed by atoms with E-state index >= 15 is 0 Å². The van der Waals surface area contributed by atoms with Crippen molar-refractivity contribution in [1.82, 2.24) is 4.98 Å². The first-order valence-corrected chi connectivity index (χ1v) is 5.61. The largest absolute Gasteiger partial charge is 0.392 e. The van der Waals surface area contributed by atoms with Crippen LogP contribution >= 0.6 is 0 Å². The highest BCUT2D eigenvalue weighted by atomic mass is 16.3. The van der Waals surface area contributed by atoms with Gasteiger partial charge in [0.25, 0.3) is 0 Å². The molecule has 0 saturated carbocycles. The molecule has 0 aromatic carbocycles. The van der Waals surface area contributed by atoms with Crippen molar-refractivity contribution in [2.24, 2.45) is 11.8 Å². The lowest BCUT2D eigenvalue weighted by Gasteiger charge is -2.22. The highest BCUT2D eigenvalue weighted by Gasteiger charge is 2.18. The lowest BCUT2D eigenvalue weighted by Crippen LogP contribution is -2.25. The van der Waals surface area contributed by atoms with E-state index in [1.807, 2.05) is 19.1 Å². The molecular weight excluding hydrogens is 186 g/mol. The van der Waals surface area contributed by atoms with Crippen molar-refractivity contribution in [2.45, 2.75) is 40.2 Å². The predicted molar refractivity (Wildman–Crippen MR) is 62.7 cm³/mol. The van der Waals surface area contributed by atoms with Crippen molar-refractivity contribution in [1.29, 1.82) is 0 Å². The van der Waals surface area contributed by atoms with Gasteiger partial charge in [0.1, 0.15) is 0 Å². The molecule has 0 spiro atoms. The Hall–Kier alpha value is -0.890. The standard InChI is InChI=1S/C13H21NO/c1-9(2)11(4)13(15)8-12-10(3)6-5-7-14-12/h5-7,9,11,13,15H,8H2,1-4H3. The summed E-state index contributed by atoms with van der Waals surface area (Å²) in [4.78, 5) is 4.30. The fraction of sp³-hybridized carbons (Fsp3) is 0.615. The third kappa shape index (κ3) is 3.31. The van der Waals surface area contributed by atoms with E-state index in [9.17, 15) is 5.11 Å². The van der Waals surface area contributed by atoms with Crippen LogP contribution in [0.25, 0.3) is 0 Å². The van der Waals surface area contributed by atoms with Gasteiger partial charge in [0.15, 0.2) is 0 Å². The van der Waals surface area contributed by atoms with E-state index in [2.05, 4.69) is 25.8 Å². The quantitative estimate of drug-likeness (QED) is 0.823. The zero-order valence-corrected chi connectivity index (χ0v) is 10.1. The number of hydrogen-bond donors (Lipinski definition) is 1. The zero-order chi connectivity index (χ0) is 11.4.